The van der Waals surface area contributed by atoms with Gasteiger partial charge in [0, 0.05) is 5.56 Å². The Bertz CT molecular complexity index is 1220. The van der Waals surface area contributed by atoms with Gasteiger partial charge >= 0.3 is 14.5 Å². The molecule has 0 radical (unpaired) electrons. The monoisotopic (exact) mass is 668 g/mol. The zero-order valence-corrected chi connectivity index (χ0v) is 24.1. The Hall–Kier alpha value is -0.970. The maximum Gasteiger partial charge on any atom is 0.481 e. The number of aliphatic hydroxyl groups is 7. The van der Waals surface area contributed by atoms with Gasteiger partial charge in [-0.15, -0.1) is 17.9 Å². The van der Waals surface area contributed by atoms with Gasteiger partial charge in [-0.25, -0.2) is 8.88 Å². The fourth-order valence-corrected chi connectivity index (χ4v) is 8.08. The lowest BCUT2D eigenvalue weighted by Crippen LogP contribution is -2.61. The van der Waals surface area contributed by atoms with E-state index < -0.39 is 94.4 Å². The minimum atomic E-state index is -5.49. The lowest BCUT2D eigenvalue weighted by Gasteiger charge is -2.41. The molecule has 22 heteroatoms. The minimum absolute atomic E-state index is 0.0338. The number of carbonyl (C=O) groups is 1. The number of rotatable bonds is 12. The Kier molecular flexibility index (Phi) is 10.9. The molecule has 234 valence electrons. The number of carbonyl (C=O) groups excluding carboxylic acids is 1. The van der Waals surface area contributed by atoms with Crippen molar-refractivity contribution in [1.82, 2.24) is 0 Å². The van der Waals surface area contributed by atoms with Crippen LogP contribution in [-0.4, -0.2) is 119 Å². The third kappa shape index (κ3) is 7.23. The van der Waals surface area contributed by atoms with Crippen molar-refractivity contribution in [1.29, 1.82) is 0 Å². The Balaban J connectivity index is 1.69. The number of thiophene rings is 1. The van der Waals surface area contributed by atoms with E-state index in [0.717, 1.165) is 17.4 Å². The number of phosphoric acid groups is 1. The summed E-state index contributed by atoms with van der Waals surface area (Å²) in [5, 5.41) is 71.8. The highest BCUT2D eigenvalue weighted by atomic mass is 32.5. The highest BCUT2D eigenvalue weighted by molar-refractivity contribution is 8.08. The van der Waals surface area contributed by atoms with Crippen molar-refractivity contribution in [2.75, 3.05) is 18.9 Å². The van der Waals surface area contributed by atoms with Crippen LogP contribution in [0.4, 0.5) is 5.69 Å². The normalized spacial score (nSPS) is 37.7. The van der Waals surface area contributed by atoms with Crippen molar-refractivity contribution >= 4 is 49.3 Å². The van der Waals surface area contributed by atoms with Crippen molar-refractivity contribution in [3.8, 4) is 0 Å². The third-order valence-electron chi connectivity index (χ3n) is 6.27. The number of phosphoric ester groups is 1. The number of nitrogen functional groups attached to an aromatic ring is 1. The first-order valence-electron chi connectivity index (χ1n) is 11.4. The molecule has 0 saturated carbocycles. The van der Waals surface area contributed by atoms with Gasteiger partial charge in [0.05, 0.1) is 18.9 Å². The van der Waals surface area contributed by atoms with E-state index in [1.165, 1.54) is 5.38 Å². The zero-order chi connectivity index (χ0) is 31.1. The summed E-state index contributed by atoms with van der Waals surface area (Å²) in [4.78, 5) is 32.0. The van der Waals surface area contributed by atoms with Gasteiger partial charge in [-0.3, -0.25) is 9.32 Å². The van der Waals surface area contributed by atoms with Crippen LogP contribution in [0.3, 0.4) is 0 Å². The molecular formula is C19H30N2O16P2S2. The van der Waals surface area contributed by atoms with E-state index in [4.69, 9.17) is 42.4 Å². The number of aliphatic hydroxyl groups excluding tert-OH is 6. The molecule has 7 unspecified atom stereocenters. The zero-order valence-electron chi connectivity index (χ0n) is 20.7. The molecule has 18 nitrogen and oxygen atoms in total. The number of primary amides is 1. The lowest BCUT2D eigenvalue weighted by atomic mass is 9.87. The molecule has 3 rings (SSSR count). The Morgan fingerprint density at radius 3 is 2.41 bits per heavy atom. The standard InChI is InChI=1S/C19H30N2O16P2S2/c1-2-19(29)15(27)8(34-16(19)6-5-41-14(9(6)20)17(21)28)4-33-39(32,40)37-38(30,31)36-18-12(26)10(24)11(25)13(35-18)7(23)3-22/h2,5,7-8,10-13,15-16,18,22-27,29H,1,3-4,20H2,(H2,21,28)(H,30,31)(H,32,40)/t7-,8+,10?,11?,12?,13?,15+,16-,18?,19+,39?/m0/s1. The molecule has 1 aromatic heterocycles. The largest absolute Gasteiger partial charge is 0.481 e. The summed E-state index contributed by atoms with van der Waals surface area (Å²) >= 11 is 5.56. The SMILES string of the molecule is C=C[C@@]1(O)[C@H](O)[C@@H](COP(O)(=S)OP(=O)(O)OC2OC([C@@H](O)CO)C(O)C(O)C2O)O[C@H]1c1csc(C(N)=O)c1N. The van der Waals surface area contributed by atoms with E-state index >= 15 is 0 Å². The van der Waals surface area contributed by atoms with Crippen LogP contribution in [0.2, 0.25) is 0 Å². The van der Waals surface area contributed by atoms with Crippen molar-refractivity contribution in [3.63, 3.8) is 0 Å². The van der Waals surface area contributed by atoms with E-state index in [9.17, 15) is 49.8 Å². The molecule has 1 amide bonds. The molecule has 41 heavy (non-hydrogen) atoms. The van der Waals surface area contributed by atoms with Crippen LogP contribution in [0.1, 0.15) is 21.3 Å². The van der Waals surface area contributed by atoms with Crippen LogP contribution in [0.25, 0.3) is 0 Å². The summed E-state index contributed by atoms with van der Waals surface area (Å²) in [5.74, 6) is -0.843. The maximum atomic E-state index is 12.5. The molecule has 2 aliphatic rings. The summed E-state index contributed by atoms with van der Waals surface area (Å²) < 4.78 is 37.3. The van der Waals surface area contributed by atoms with Crippen molar-refractivity contribution in [3.05, 3.63) is 28.5 Å². The second-order valence-electron chi connectivity index (χ2n) is 9.00. The van der Waals surface area contributed by atoms with Gasteiger partial charge < -0.3 is 71.0 Å². The number of ether oxygens (including phenoxy) is 2. The van der Waals surface area contributed by atoms with Gasteiger partial charge in [0.25, 0.3) is 5.91 Å². The predicted molar refractivity (Wildman–Crippen MR) is 140 cm³/mol. The molecular weight excluding hydrogens is 638 g/mol. The predicted octanol–water partition coefficient (Wildman–Crippen LogP) is -3.33. The van der Waals surface area contributed by atoms with Crippen LogP contribution in [-0.2, 0) is 39.2 Å². The molecule has 2 fully saturated rings. The third-order valence-corrected chi connectivity index (χ3v) is 10.8. The highest BCUT2D eigenvalue weighted by Gasteiger charge is 2.55. The number of nitrogens with two attached hydrogens (primary N) is 2. The second kappa shape index (κ2) is 12.9. The quantitative estimate of drug-likeness (QED) is 0.0766. The van der Waals surface area contributed by atoms with Crippen molar-refractivity contribution in [2.24, 2.45) is 5.73 Å². The van der Waals surface area contributed by atoms with E-state index in [-0.39, 0.29) is 16.1 Å². The van der Waals surface area contributed by atoms with Crippen LogP contribution in [0, 0.1) is 0 Å². The first-order chi connectivity index (χ1) is 18.9. The second-order valence-corrected chi connectivity index (χ2v) is 14.3. The molecule has 0 aromatic carbocycles. The average Bonchev–Trinajstić information content (AvgIpc) is 3.38. The summed E-state index contributed by atoms with van der Waals surface area (Å²) in [7, 11) is -5.49. The topological polar surface area (TPSA) is 314 Å². The van der Waals surface area contributed by atoms with E-state index in [0.29, 0.717) is 0 Å². The minimum Gasteiger partial charge on any atom is -0.397 e. The van der Waals surface area contributed by atoms with Crippen LogP contribution in [0.5, 0.6) is 0 Å². The average molecular weight is 669 g/mol. The van der Waals surface area contributed by atoms with Crippen LogP contribution in [0.15, 0.2) is 18.0 Å². The van der Waals surface area contributed by atoms with Crippen LogP contribution >= 0.6 is 25.9 Å². The first-order valence-corrected chi connectivity index (χ1v) is 16.4. The van der Waals surface area contributed by atoms with Gasteiger partial charge in [0.1, 0.15) is 59.3 Å². The molecule has 0 spiro atoms. The first kappa shape index (κ1) is 34.5. The summed E-state index contributed by atoms with van der Waals surface area (Å²) in [6.07, 6.45) is -15.7. The smallest absolute Gasteiger partial charge is 0.397 e. The molecule has 1 aromatic rings. The number of hydrogen-bond donors (Lipinski definition) is 11. The lowest BCUT2D eigenvalue weighted by molar-refractivity contribution is -0.292. The molecule has 3 heterocycles. The summed E-state index contributed by atoms with van der Waals surface area (Å²) in [6.45, 7) is -3.07. The molecule has 0 bridgehead atoms. The van der Waals surface area contributed by atoms with Gasteiger partial charge in [-0.05, 0) is 17.2 Å². The van der Waals surface area contributed by atoms with E-state index in [1.54, 1.807) is 0 Å². The summed E-state index contributed by atoms with van der Waals surface area (Å²) in [5.41, 5.74) is 8.98. The Labute approximate surface area is 240 Å². The molecule has 2 saturated heterocycles. The Morgan fingerprint density at radius 1 is 1.24 bits per heavy atom. The number of hydrogen-bond acceptors (Lipinski definition) is 17. The van der Waals surface area contributed by atoms with Crippen molar-refractivity contribution in [2.45, 2.75) is 60.7 Å². The molecule has 13 N–H and O–H groups in total. The molecule has 2 aliphatic heterocycles. The molecule has 12 atom stereocenters. The van der Waals surface area contributed by atoms with Gasteiger partial charge in [-0.1, -0.05) is 6.08 Å². The fraction of sp³-hybridized carbons (Fsp3) is 0.632. The molecule has 0 aliphatic carbocycles. The summed E-state index contributed by atoms with van der Waals surface area (Å²) in [6, 6.07) is 0. The van der Waals surface area contributed by atoms with E-state index in [1.807, 2.05) is 0 Å². The van der Waals surface area contributed by atoms with Gasteiger partial charge in [0.2, 0.25) is 0 Å². The Morgan fingerprint density at radius 2 is 1.88 bits per heavy atom. The fourth-order valence-electron chi connectivity index (χ4n) is 4.12. The van der Waals surface area contributed by atoms with Crippen LogP contribution < -0.4 is 11.5 Å². The van der Waals surface area contributed by atoms with Gasteiger partial charge in [-0.2, -0.15) is 0 Å². The van der Waals surface area contributed by atoms with E-state index in [2.05, 4.69) is 15.4 Å². The number of amides is 1. The van der Waals surface area contributed by atoms with Gasteiger partial charge in [0.15, 0.2) is 6.29 Å². The maximum absolute atomic E-state index is 12.5. The number of anilines is 1. The highest BCUT2D eigenvalue weighted by Crippen LogP contribution is 2.62. The van der Waals surface area contributed by atoms with Crippen molar-refractivity contribution < 1.29 is 77.7 Å².